The lowest BCUT2D eigenvalue weighted by Crippen LogP contribution is -2.28. The van der Waals surface area contributed by atoms with Crippen molar-refractivity contribution in [1.82, 2.24) is 10.3 Å². The zero-order valence-corrected chi connectivity index (χ0v) is 8.77. The molecule has 0 unspecified atom stereocenters. The van der Waals surface area contributed by atoms with E-state index < -0.39 is 5.60 Å². The van der Waals surface area contributed by atoms with Crippen molar-refractivity contribution in [3.63, 3.8) is 0 Å². The van der Waals surface area contributed by atoms with Crippen LogP contribution in [0.15, 0.2) is 22.5 Å². The van der Waals surface area contributed by atoms with Gasteiger partial charge in [-0.25, -0.2) is 4.63 Å². The topological polar surface area (TPSA) is 60.7 Å². The Morgan fingerprint density at radius 3 is 2.69 bits per heavy atom. The van der Waals surface area contributed by atoms with E-state index in [1.165, 1.54) is 0 Å². The zero-order chi connectivity index (χ0) is 10.9. The minimum atomic E-state index is -0.396. The summed E-state index contributed by atoms with van der Waals surface area (Å²) in [6, 6.07) is 3.70. The van der Waals surface area contributed by atoms with Crippen molar-refractivity contribution in [3.05, 3.63) is 23.5 Å². The second kappa shape index (κ2) is 2.21. The van der Waals surface area contributed by atoms with Crippen LogP contribution in [-0.2, 0) is 4.74 Å². The van der Waals surface area contributed by atoms with E-state index in [4.69, 9.17) is 9.47 Å². The molecule has 5 heteroatoms. The summed E-state index contributed by atoms with van der Waals surface area (Å²) in [6.07, 6.45) is 0. The lowest BCUT2D eigenvalue weighted by molar-refractivity contribution is 0.129. The molecule has 16 heavy (non-hydrogen) atoms. The van der Waals surface area contributed by atoms with Crippen LogP contribution in [0, 0.1) is 0 Å². The Bertz CT molecular complexity index is 654. The highest BCUT2D eigenvalue weighted by atomic mass is 16.6. The van der Waals surface area contributed by atoms with Crippen molar-refractivity contribution in [3.8, 4) is 5.75 Å². The molecule has 5 nitrogen and oxygen atoms in total. The van der Waals surface area contributed by atoms with E-state index in [0.29, 0.717) is 11.0 Å². The fourth-order valence-corrected chi connectivity index (χ4v) is 2.05. The van der Waals surface area contributed by atoms with Gasteiger partial charge in [-0.2, -0.15) is 0 Å². The van der Waals surface area contributed by atoms with Crippen LogP contribution in [0.25, 0.3) is 16.8 Å². The van der Waals surface area contributed by atoms with Crippen LogP contribution in [0.2, 0.25) is 0 Å². The van der Waals surface area contributed by atoms with Gasteiger partial charge in [-0.3, -0.25) is 0 Å². The molecule has 0 radical (unpaired) electrons. The maximum atomic E-state index is 5.86. The molecule has 0 amide bonds. The number of aromatic nitrogens is 2. The van der Waals surface area contributed by atoms with Gasteiger partial charge in [-0.1, -0.05) is 0 Å². The predicted molar refractivity (Wildman–Crippen MR) is 54.5 cm³/mol. The van der Waals surface area contributed by atoms with Crippen molar-refractivity contribution in [1.29, 1.82) is 0 Å². The minimum Gasteiger partial charge on any atom is -0.479 e. The number of fused-ring (bicyclic) bond motifs is 3. The Morgan fingerprint density at radius 2 is 1.88 bits per heavy atom. The Labute approximate surface area is 90.6 Å². The summed E-state index contributed by atoms with van der Waals surface area (Å²) >= 11 is 0. The van der Waals surface area contributed by atoms with Crippen LogP contribution >= 0.6 is 0 Å². The van der Waals surface area contributed by atoms with Crippen LogP contribution in [0.3, 0.4) is 0 Å². The van der Waals surface area contributed by atoms with Gasteiger partial charge < -0.3 is 9.47 Å². The van der Waals surface area contributed by atoms with Crippen LogP contribution in [0.5, 0.6) is 5.75 Å². The van der Waals surface area contributed by atoms with Crippen molar-refractivity contribution in [2.24, 2.45) is 0 Å². The molecule has 0 aliphatic carbocycles. The first kappa shape index (κ1) is 8.15. The molecule has 0 atom stereocenters. The van der Waals surface area contributed by atoms with E-state index in [2.05, 4.69) is 14.9 Å². The Kier molecular flexibility index (Phi) is 1.13. The summed E-state index contributed by atoms with van der Waals surface area (Å²) in [4.78, 5) is 0. The van der Waals surface area contributed by atoms with Crippen LogP contribution < -0.4 is 4.74 Å². The van der Waals surface area contributed by atoms with Gasteiger partial charge in [0.15, 0.2) is 17.1 Å². The zero-order valence-electron chi connectivity index (χ0n) is 8.77. The number of benzene rings is 1. The number of hydrogen-bond acceptors (Lipinski definition) is 5. The quantitative estimate of drug-likeness (QED) is 0.674. The molecule has 1 aromatic heterocycles. The largest absolute Gasteiger partial charge is 0.479 e. The second-order valence-corrected chi connectivity index (χ2v) is 4.47. The van der Waals surface area contributed by atoms with Crippen molar-refractivity contribution in [2.45, 2.75) is 19.4 Å². The molecule has 2 aromatic rings. The maximum absolute atomic E-state index is 5.86. The molecule has 0 saturated carbocycles. The second-order valence-electron chi connectivity index (χ2n) is 4.47. The maximum Gasteiger partial charge on any atom is 0.190 e. The predicted octanol–water partition coefficient (Wildman–Crippen LogP) is 2.09. The van der Waals surface area contributed by atoms with Crippen molar-refractivity contribution >= 4 is 16.8 Å². The monoisotopic (exact) mass is 216 g/mol. The molecule has 0 bridgehead atoms. The van der Waals surface area contributed by atoms with E-state index >= 15 is 0 Å². The molecule has 0 saturated heterocycles. The average Bonchev–Trinajstić information content (AvgIpc) is 2.91. The molecular formula is C11H8N2O3. The summed E-state index contributed by atoms with van der Waals surface area (Å²) < 4.78 is 16.0. The Balaban J connectivity index is 2.03. The highest BCUT2D eigenvalue weighted by Gasteiger charge is 2.47. The SMILES string of the molecule is CC1(C)Oc2cc3nonc3cc2C2=C1O2. The number of nitrogens with zero attached hydrogens (tertiary/aromatic N) is 2. The highest BCUT2D eigenvalue weighted by molar-refractivity contribution is 5.87. The number of rotatable bonds is 0. The molecule has 0 spiro atoms. The fourth-order valence-electron chi connectivity index (χ4n) is 2.05. The van der Waals surface area contributed by atoms with Gasteiger partial charge in [0, 0.05) is 6.07 Å². The summed E-state index contributed by atoms with van der Waals surface area (Å²) in [7, 11) is 0. The van der Waals surface area contributed by atoms with Crippen LogP contribution in [-0.4, -0.2) is 15.9 Å². The van der Waals surface area contributed by atoms with Gasteiger partial charge in [0.2, 0.25) is 0 Å². The molecule has 1 aromatic carbocycles. The molecule has 3 heterocycles. The van der Waals surface area contributed by atoms with Crippen LogP contribution in [0.1, 0.15) is 19.4 Å². The van der Waals surface area contributed by atoms with E-state index in [9.17, 15) is 0 Å². The fraction of sp³-hybridized carbons (Fsp3) is 0.273. The van der Waals surface area contributed by atoms with Gasteiger partial charge in [0.05, 0.1) is 5.56 Å². The summed E-state index contributed by atoms with van der Waals surface area (Å²) in [6.45, 7) is 3.95. The normalized spacial score (nSPS) is 19.9. The first-order chi connectivity index (χ1) is 7.65. The molecular weight excluding hydrogens is 208 g/mol. The summed E-state index contributed by atoms with van der Waals surface area (Å²) in [5.41, 5.74) is 1.94. The lowest BCUT2D eigenvalue weighted by atomic mass is 10.0. The van der Waals surface area contributed by atoms with Gasteiger partial charge in [-0.05, 0) is 30.2 Å². The molecule has 2 aliphatic heterocycles. The van der Waals surface area contributed by atoms with Crippen molar-refractivity contribution in [2.75, 3.05) is 0 Å². The lowest BCUT2D eigenvalue weighted by Gasteiger charge is -2.23. The number of ether oxygens (including phenoxy) is 2. The third-order valence-corrected chi connectivity index (χ3v) is 2.88. The van der Waals surface area contributed by atoms with Gasteiger partial charge in [-0.15, -0.1) is 0 Å². The Hall–Kier alpha value is -2.04. The first-order valence-electron chi connectivity index (χ1n) is 5.03. The van der Waals surface area contributed by atoms with E-state index in [1.54, 1.807) is 0 Å². The average molecular weight is 216 g/mol. The van der Waals surface area contributed by atoms with Crippen molar-refractivity contribution < 1.29 is 14.1 Å². The Morgan fingerprint density at radius 1 is 1.12 bits per heavy atom. The molecule has 2 aliphatic rings. The third-order valence-electron chi connectivity index (χ3n) is 2.88. The summed E-state index contributed by atoms with van der Waals surface area (Å²) in [5, 5.41) is 7.59. The van der Waals surface area contributed by atoms with Gasteiger partial charge in [0.1, 0.15) is 16.8 Å². The summed E-state index contributed by atoms with van der Waals surface area (Å²) in [5.74, 6) is 2.57. The number of hydrogen-bond donors (Lipinski definition) is 0. The molecule has 0 fully saturated rings. The van der Waals surface area contributed by atoms with Gasteiger partial charge >= 0.3 is 0 Å². The van der Waals surface area contributed by atoms with E-state index in [1.807, 2.05) is 26.0 Å². The van der Waals surface area contributed by atoms with E-state index in [-0.39, 0.29) is 0 Å². The van der Waals surface area contributed by atoms with E-state index in [0.717, 1.165) is 22.8 Å². The smallest absolute Gasteiger partial charge is 0.190 e. The third kappa shape index (κ3) is 0.856. The standard InChI is InChI=1S/C11H8N2O3/c1-11(2)10-9(14-10)5-3-6-7(13-16-12-6)4-8(5)15-11/h3-4H,1-2H3. The van der Waals surface area contributed by atoms with Gasteiger partial charge in [0.25, 0.3) is 0 Å². The van der Waals surface area contributed by atoms with Crippen LogP contribution in [0.4, 0.5) is 0 Å². The minimum absolute atomic E-state index is 0.396. The highest BCUT2D eigenvalue weighted by Crippen LogP contribution is 2.52. The molecule has 0 N–H and O–H groups in total. The molecule has 4 rings (SSSR count). The molecule has 80 valence electrons. The first-order valence-corrected chi connectivity index (χ1v) is 5.03.